The van der Waals surface area contributed by atoms with Crippen LogP contribution in [0.1, 0.15) is 28.9 Å². The Labute approximate surface area is 156 Å². The van der Waals surface area contributed by atoms with Crippen LogP contribution in [0.25, 0.3) is 0 Å². The van der Waals surface area contributed by atoms with Gasteiger partial charge >= 0.3 is 0 Å². The van der Waals surface area contributed by atoms with Crippen LogP contribution in [0.4, 0.5) is 14.6 Å². The quantitative estimate of drug-likeness (QED) is 0.810. The number of alkyl halides is 2. The second-order valence-corrected chi connectivity index (χ2v) is 7.40. The fraction of sp³-hybridized carbons (Fsp3) is 0.474. The number of aryl methyl sites for hydroxylation is 1. The van der Waals surface area contributed by atoms with Crippen molar-refractivity contribution >= 4 is 11.7 Å². The predicted octanol–water partition coefficient (Wildman–Crippen LogP) is 2.56. The van der Waals surface area contributed by atoms with Gasteiger partial charge in [-0.15, -0.1) is 5.10 Å². The van der Waals surface area contributed by atoms with Crippen LogP contribution in [0.2, 0.25) is 0 Å². The highest BCUT2D eigenvalue weighted by Gasteiger charge is 2.60. The zero-order valence-electron chi connectivity index (χ0n) is 15.1. The third kappa shape index (κ3) is 3.13. The van der Waals surface area contributed by atoms with E-state index in [1.807, 2.05) is 24.0 Å². The van der Waals surface area contributed by atoms with Crippen LogP contribution >= 0.6 is 0 Å². The Morgan fingerprint density at radius 2 is 1.81 bits per heavy atom. The lowest BCUT2D eigenvalue weighted by Crippen LogP contribution is -2.58. The molecular weight excluding hydrogens is 352 g/mol. The largest absolute Gasteiger partial charge is 0.354 e. The molecular formula is C19H21F2N5O. The molecule has 4 rings (SSSR count). The molecule has 2 aromatic heterocycles. The lowest BCUT2D eigenvalue weighted by molar-refractivity contribution is -0.150. The second kappa shape index (κ2) is 6.51. The van der Waals surface area contributed by atoms with Crippen molar-refractivity contribution in [1.82, 2.24) is 20.1 Å². The molecule has 1 spiro atoms. The van der Waals surface area contributed by atoms with Gasteiger partial charge in [-0.1, -0.05) is 0 Å². The number of halogens is 2. The Bertz CT molecular complexity index is 830. The number of carbonyl (C=O) groups excluding carboxylic acids is 1. The zero-order valence-corrected chi connectivity index (χ0v) is 15.1. The molecule has 8 heteroatoms. The molecule has 0 saturated carbocycles. The molecule has 0 aliphatic carbocycles. The fourth-order valence-corrected chi connectivity index (χ4v) is 4.01. The van der Waals surface area contributed by atoms with E-state index in [1.54, 1.807) is 17.0 Å². The van der Waals surface area contributed by atoms with Crippen LogP contribution in [0.15, 0.2) is 36.7 Å². The first-order chi connectivity index (χ1) is 12.9. The number of piperidine rings is 1. The Morgan fingerprint density at radius 3 is 2.52 bits per heavy atom. The van der Waals surface area contributed by atoms with Gasteiger partial charge in [-0.25, -0.2) is 8.78 Å². The molecule has 2 fully saturated rings. The number of likely N-dealkylation sites (tertiary alicyclic amines) is 1. The van der Waals surface area contributed by atoms with Crippen molar-refractivity contribution in [3.63, 3.8) is 0 Å². The predicted molar refractivity (Wildman–Crippen MR) is 95.7 cm³/mol. The smallest absolute Gasteiger partial charge is 0.258 e. The highest BCUT2D eigenvalue weighted by atomic mass is 19.3. The monoisotopic (exact) mass is 373 g/mol. The molecule has 6 nitrogen and oxygen atoms in total. The Hall–Kier alpha value is -2.64. The van der Waals surface area contributed by atoms with Gasteiger partial charge in [0.1, 0.15) is 0 Å². The number of hydrogen-bond donors (Lipinski definition) is 0. The highest BCUT2D eigenvalue weighted by Crippen LogP contribution is 2.50. The first-order valence-electron chi connectivity index (χ1n) is 9.03. The van der Waals surface area contributed by atoms with Crippen molar-refractivity contribution < 1.29 is 13.6 Å². The summed E-state index contributed by atoms with van der Waals surface area (Å²) < 4.78 is 29.9. The number of aromatic nitrogens is 3. The van der Waals surface area contributed by atoms with E-state index in [4.69, 9.17) is 0 Å². The van der Waals surface area contributed by atoms with E-state index in [1.165, 1.54) is 12.4 Å². The van der Waals surface area contributed by atoms with E-state index >= 15 is 0 Å². The van der Waals surface area contributed by atoms with Gasteiger partial charge in [-0.3, -0.25) is 9.78 Å². The molecule has 1 atom stereocenters. The van der Waals surface area contributed by atoms with Crippen molar-refractivity contribution in [1.29, 1.82) is 0 Å². The summed E-state index contributed by atoms with van der Waals surface area (Å²) >= 11 is 0. The summed E-state index contributed by atoms with van der Waals surface area (Å²) in [6.07, 6.45) is 3.07. The van der Waals surface area contributed by atoms with Gasteiger partial charge in [-0.05, 0) is 37.6 Å². The number of anilines is 1. The third-order valence-corrected chi connectivity index (χ3v) is 5.64. The first-order valence-corrected chi connectivity index (χ1v) is 9.03. The maximum Gasteiger partial charge on any atom is 0.258 e. The maximum absolute atomic E-state index is 14.9. The Balaban J connectivity index is 1.56. The topological polar surface area (TPSA) is 62.2 Å². The van der Waals surface area contributed by atoms with E-state index < -0.39 is 11.3 Å². The minimum atomic E-state index is -2.82. The second-order valence-electron chi connectivity index (χ2n) is 7.40. The third-order valence-electron chi connectivity index (χ3n) is 5.64. The van der Waals surface area contributed by atoms with Crippen molar-refractivity contribution in [2.24, 2.45) is 5.41 Å². The van der Waals surface area contributed by atoms with E-state index in [2.05, 4.69) is 15.2 Å². The van der Waals surface area contributed by atoms with Crippen LogP contribution < -0.4 is 4.90 Å². The van der Waals surface area contributed by atoms with Gasteiger partial charge in [0.25, 0.3) is 11.8 Å². The maximum atomic E-state index is 14.9. The molecule has 2 saturated heterocycles. The van der Waals surface area contributed by atoms with Crippen LogP contribution in [-0.4, -0.2) is 58.1 Å². The summed E-state index contributed by atoms with van der Waals surface area (Å²) in [7, 11) is 0. The van der Waals surface area contributed by atoms with Crippen LogP contribution in [-0.2, 0) is 0 Å². The average molecular weight is 373 g/mol. The standard InChI is InChI=1S/C19H21F2N5O/c1-14-2-3-16(24-23-14)25-10-6-18(12-25)13-26(11-7-19(18,20)21)17(27)15-4-8-22-9-5-15/h2-5,8-9H,6-7,10-13H2,1H3/t18-/m1/s1. The van der Waals surface area contributed by atoms with Gasteiger partial charge in [0, 0.05) is 50.6 Å². The van der Waals surface area contributed by atoms with E-state index in [0.29, 0.717) is 24.3 Å². The summed E-state index contributed by atoms with van der Waals surface area (Å²) in [6.45, 7) is 2.57. The molecule has 2 aromatic rings. The SMILES string of the molecule is Cc1ccc(N2CC[C@]3(CN(C(=O)c4ccncc4)CCC3(F)F)C2)nn1. The van der Waals surface area contributed by atoms with Crippen molar-refractivity contribution in [3.05, 3.63) is 47.9 Å². The number of carbonyl (C=O) groups is 1. The molecule has 27 heavy (non-hydrogen) atoms. The van der Waals surface area contributed by atoms with Gasteiger partial charge in [0.05, 0.1) is 11.1 Å². The summed E-state index contributed by atoms with van der Waals surface area (Å²) in [5.41, 5.74) is -0.00468. The first kappa shape index (κ1) is 17.8. The lowest BCUT2D eigenvalue weighted by atomic mass is 9.75. The normalized spacial score (nSPS) is 24.4. The molecule has 142 valence electrons. The van der Waals surface area contributed by atoms with Crippen molar-refractivity contribution in [2.75, 3.05) is 31.1 Å². The molecule has 0 N–H and O–H groups in total. The number of pyridine rings is 1. The number of rotatable bonds is 2. The molecule has 2 aliphatic heterocycles. The van der Waals surface area contributed by atoms with Gasteiger partial charge in [0.2, 0.25) is 0 Å². The summed E-state index contributed by atoms with van der Waals surface area (Å²) in [4.78, 5) is 20.1. The summed E-state index contributed by atoms with van der Waals surface area (Å²) in [6, 6.07) is 6.86. The number of nitrogens with zero attached hydrogens (tertiary/aromatic N) is 5. The van der Waals surface area contributed by atoms with Crippen LogP contribution in [0.3, 0.4) is 0 Å². The Kier molecular flexibility index (Phi) is 4.28. The summed E-state index contributed by atoms with van der Waals surface area (Å²) in [5.74, 6) is -2.44. The molecule has 0 unspecified atom stereocenters. The number of amides is 1. The lowest BCUT2D eigenvalue weighted by Gasteiger charge is -2.45. The van der Waals surface area contributed by atoms with E-state index in [0.717, 1.165) is 5.69 Å². The molecule has 0 radical (unpaired) electrons. The van der Waals surface area contributed by atoms with Crippen molar-refractivity contribution in [3.8, 4) is 0 Å². The molecule has 0 aromatic carbocycles. The zero-order chi connectivity index (χ0) is 19.1. The Morgan fingerprint density at radius 1 is 1.04 bits per heavy atom. The van der Waals surface area contributed by atoms with Gasteiger partial charge in [0.15, 0.2) is 5.82 Å². The van der Waals surface area contributed by atoms with Gasteiger partial charge in [-0.2, -0.15) is 5.10 Å². The van der Waals surface area contributed by atoms with Crippen LogP contribution in [0.5, 0.6) is 0 Å². The van der Waals surface area contributed by atoms with E-state index in [9.17, 15) is 13.6 Å². The summed E-state index contributed by atoms with van der Waals surface area (Å²) in [5, 5.41) is 8.16. The number of hydrogen-bond acceptors (Lipinski definition) is 5. The van der Waals surface area contributed by atoms with Crippen molar-refractivity contribution in [2.45, 2.75) is 25.7 Å². The average Bonchev–Trinajstić information content (AvgIpc) is 3.11. The molecule has 4 heterocycles. The molecule has 1 amide bonds. The minimum absolute atomic E-state index is 0.0386. The molecule has 0 bridgehead atoms. The van der Waals surface area contributed by atoms with Crippen LogP contribution in [0, 0.1) is 12.3 Å². The van der Waals surface area contributed by atoms with Gasteiger partial charge < -0.3 is 9.80 Å². The van der Waals surface area contributed by atoms with E-state index in [-0.39, 0.29) is 32.0 Å². The minimum Gasteiger partial charge on any atom is -0.354 e. The fourth-order valence-electron chi connectivity index (χ4n) is 4.01. The molecule has 2 aliphatic rings. The highest BCUT2D eigenvalue weighted by molar-refractivity contribution is 5.94.